The van der Waals surface area contributed by atoms with Crippen LogP contribution >= 0.6 is 0 Å². The molecule has 0 aliphatic carbocycles. The van der Waals surface area contributed by atoms with Gasteiger partial charge in [-0.15, -0.1) is 0 Å². The largest absolute Gasteiger partial charge is 0.405 e. The number of ether oxygens (including phenoxy) is 1. The van der Waals surface area contributed by atoms with Crippen molar-refractivity contribution in [2.45, 2.75) is 44.0 Å². The Hall–Kier alpha value is -0.860. The van der Waals surface area contributed by atoms with Crippen molar-refractivity contribution in [3.05, 3.63) is 0 Å². The van der Waals surface area contributed by atoms with Gasteiger partial charge in [0.1, 0.15) is 6.04 Å². The van der Waals surface area contributed by atoms with Crippen LogP contribution in [-0.2, 0) is 9.53 Å². The average molecular weight is 323 g/mol. The lowest BCUT2D eigenvalue weighted by Gasteiger charge is -2.35. The van der Waals surface area contributed by atoms with Gasteiger partial charge in [-0.3, -0.25) is 9.69 Å². The number of halogens is 3. The van der Waals surface area contributed by atoms with E-state index < -0.39 is 12.2 Å². The maximum Gasteiger partial charge on any atom is 0.405 e. The third kappa shape index (κ3) is 5.40. The van der Waals surface area contributed by atoms with Crippen LogP contribution in [0.25, 0.3) is 0 Å². The zero-order valence-electron chi connectivity index (χ0n) is 12.6. The number of rotatable bonds is 6. The zero-order chi connectivity index (χ0) is 16.0. The van der Waals surface area contributed by atoms with Gasteiger partial charge in [-0.05, 0) is 19.3 Å². The maximum absolute atomic E-state index is 13.2. The van der Waals surface area contributed by atoms with Crippen LogP contribution in [0.15, 0.2) is 0 Å². The highest BCUT2D eigenvalue weighted by Gasteiger charge is 2.43. The smallest absolute Gasteiger partial charge is 0.378 e. The first-order chi connectivity index (χ1) is 10.5. The van der Waals surface area contributed by atoms with Crippen molar-refractivity contribution in [3.8, 4) is 0 Å². The number of hydrogen-bond acceptors (Lipinski definition) is 4. The fourth-order valence-electron chi connectivity index (χ4n) is 2.91. The van der Waals surface area contributed by atoms with Crippen molar-refractivity contribution < 1.29 is 22.7 Å². The van der Waals surface area contributed by atoms with Crippen molar-refractivity contribution in [1.29, 1.82) is 0 Å². The quantitative estimate of drug-likeness (QED) is 0.763. The molecule has 0 aromatic carbocycles. The monoisotopic (exact) mass is 323 g/mol. The molecule has 2 heterocycles. The molecule has 2 saturated heterocycles. The Balaban J connectivity index is 1.75. The van der Waals surface area contributed by atoms with Gasteiger partial charge in [0, 0.05) is 45.8 Å². The number of carbonyl (C=O) groups is 1. The van der Waals surface area contributed by atoms with E-state index in [1.165, 1.54) is 4.90 Å². The van der Waals surface area contributed by atoms with Crippen LogP contribution in [0.3, 0.4) is 0 Å². The van der Waals surface area contributed by atoms with Crippen LogP contribution in [0.1, 0.15) is 25.7 Å². The lowest BCUT2D eigenvalue weighted by Crippen LogP contribution is -2.57. The van der Waals surface area contributed by atoms with Crippen molar-refractivity contribution in [3.63, 3.8) is 0 Å². The molecule has 0 aromatic heterocycles. The van der Waals surface area contributed by atoms with Crippen molar-refractivity contribution in [2.24, 2.45) is 0 Å². The number of alkyl halides is 3. The van der Waals surface area contributed by atoms with Gasteiger partial charge in [-0.1, -0.05) is 0 Å². The van der Waals surface area contributed by atoms with E-state index in [0.717, 1.165) is 12.8 Å². The molecule has 0 radical (unpaired) electrons. The Bertz CT molecular complexity index is 354. The number of piperazine rings is 1. The molecule has 0 spiro atoms. The summed E-state index contributed by atoms with van der Waals surface area (Å²) in [6.45, 7) is 2.10. The number of hydrogen-bond donors (Lipinski definition) is 2. The minimum Gasteiger partial charge on any atom is -0.378 e. The summed E-state index contributed by atoms with van der Waals surface area (Å²) in [5, 5.41) is 5.46. The van der Waals surface area contributed by atoms with E-state index in [1.807, 2.05) is 0 Å². The molecule has 2 unspecified atom stereocenters. The summed E-state index contributed by atoms with van der Waals surface area (Å²) >= 11 is 0. The zero-order valence-corrected chi connectivity index (χ0v) is 12.6. The Morgan fingerprint density at radius 2 is 2.09 bits per heavy atom. The molecule has 1 amide bonds. The normalized spacial score (nSPS) is 25.1. The van der Waals surface area contributed by atoms with Gasteiger partial charge in [0.15, 0.2) is 0 Å². The third-order valence-corrected chi connectivity index (χ3v) is 4.18. The lowest BCUT2D eigenvalue weighted by molar-refractivity contribution is -0.184. The fraction of sp³-hybridized carbons (Fsp3) is 0.929. The second-order valence-corrected chi connectivity index (χ2v) is 5.82. The first kappa shape index (κ1) is 17.5. The number of amides is 1. The van der Waals surface area contributed by atoms with Gasteiger partial charge >= 0.3 is 6.18 Å². The van der Waals surface area contributed by atoms with Gasteiger partial charge in [0.05, 0.1) is 6.10 Å². The summed E-state index contributed by atoms with van der Waals surface area (Å²) < 4.78 is 44.9. The van der Waals surface area contributed by atoms with Crippen molar-refractivity contribution in [1.82, 2.24) is 15.5 Å². The van der Waals surface area contributed by atoms with Gasteiger partial charge < -0.3 is 15.4 Å². The minimum absolute atomic E-state index is 0.0809. The average Bonchev–Trinajstić information content (AvgIpc) is 2.98. The van der Waals surface area contributed by atoms with E-state index in [4.69, 9.17) is 4.74 Å². The Morgan fingerprint density at radius 1 is 1.36 bits per heavy atom. The fourth-order valence-corrected chi connectivity index (χ4v) is 2.91. The highest BCUT2D eigenvalue weighted by Crippen LogP contribution is 2.25. The third-order valence-electron chi connectivity index (χ3n) is 4.18. The van der Waals surface area contributed by atoms with E-state index in [1.54, 1.807) is 0 Å². The standard InChI is InChI=1S/C14H24F3N3O2/c15-14(16,17)12(20-7-5-18-6-8-20)10-19-13(21)4-3-11-2-1-9-22-11/h11-12,18H,1-10H2,(H,19,21). The highest BCUT2D eigenvalue weighted by atomic mass is 19.4. The van der Waals surface area contributed by atoms with Gasteiger partial charge in [-0.2, -0.15) is 13.2 Å². The van der Waals surface area contributed by atoms with Crippen molar-refractivity contribution in [2.75, 3.05) is 39.3 Å². The predicted octanol–water partition coefficient (Wildman–Crippen LogP) is 0.898. The highest BCUT2D eigenvalue weighted by molar-refractivity contribution is 5.75. The topological polar surface area (TPSA) is 53.6 Å². The molecule has 2 aliphatic rings. The first-order valence-corrected chi connectivity index (χ1v) is 7.86. The van der Waals surface area contributed by atoms with Crippen LogP contribution in [-0.4, -0.2) is 68.5 Å². The van der Waals surface area contributed by atoms with E-state index in [2.05, 4.69) is 10.6 Å². The molecular weight excluding hydrogens is 299 g/mol. The summed E-state index contributed by atoms with van der Waals surface area (Å²) in [5.41, 5.74) is 0. The molecule has 0 saturated carbocycles. The molecule has 2 atom stereocenters. The second kappa shape index (κ2) is 8.12. The number of nitrogens with zero attached hydrogens (tertiary/aromatic N) is 1. The predicted molar refractivity (Wildman–Crippen MR) is 75.5 cm³/mol. The number of nitrogens with one attached hydrogen (secondary N) is 2. The molecule has 0 aromatic rings. The molecule has 128 valence electrons. The molecule has 22 heavy (non-hydrogen) atoms. The number of carbonyl (C=O) groups excluding carboxylic acids is 1. The van der Waals surface area contributed by atoms with Crippen LogP contribution in [0.5, 0.6) is 0 Å². The Labute approximate surface area is 128 Å². The molecule has 2 aliphatic heterocycles. The molecule has 5 nitrogen and oxygen atoms in total. The van der Waals surface area contributed by atoms with Crippen LogP contribution in [0.4, 0.5) is 13.2 Å². The minimum atomic E-state index is -4.33. The van der Waals surface area contributed by atoms with Crippen molar-refractivity contribution >= 4 is 5.91 Å². The van der Waals surface area contributed by atoms with Gasteiger partial charge in [0.25, 0.3) is 0 Å². The van der Waals surface area contributed by atoms with E-state index in [-0.39, 0.29) is 25.0 Å². The summed E-state index contributed by atoms with van der Waals surface area (Å²) in [5.74, 6) is -0.333. The lowest BCUT2D eigenvalue weighted by atomic mass is 10.1. The van der Waals surface area contributed by atoms with Gasteiger partial charge in [-0.25, -0.2) is 0 Å². The van der Waals surface area contributed by atoms with Crippen LogP contribution in [0, 0.1) is 0 Å². The van der Waals surface area contributed by atoms with E-state index in [9.17, 15) is 18.0 Å². The molecular formula is C14H24F3N3O2. The second-order valence-electron chi connectivity index (χ2n) is 5.82. The molecule has 2 fully saturated rings. The molecule has 2 N–H and O–H groups in total. The van der Waals surface area contributed by atoms with E-state index in [0.29, 0.717) is 39.2 Å². The molecule has 8 heteroatoms. The summed E-state index contributed by atoms with van der Waals surface area (Å²) in [6, 6.07) is -1.61. The molecule has 2 rings (SSSR count). The van der Waals surface area contributed by atoms with Crippen LogP contribution in [0.2, 0.25) is 0 Å². The summed E-state index contributed by atoms with van der Waals surface area (Å²) in [4.78, 5) is 13.1. The maximum atomic E-state index is 13.2. The SMILES string of the molecule is O=C(CCC1CCCO1)NCC(N1CCNCC1)C(F)(F)F. The Kier molecular flexibility index (Phi) is 6.46. The van der Waals surface area contributed by atoms with E-state index >= 15 is 0 Å². The Morgan fingerprint density at radius 3 is 2.68 bits per heavy atom. The summed E-state index contributed by atoms with van der Waals surface area (Å²) in [7, 11) is 0. The molecule has 0 bridgehead atoms. The van der Waals surface area contributed by atoms with Crippen LogP contribution < -0.4 is 10.6 Å². The first-order valence-electron chi connectivity index (χ1n) is 7.86. The summed E-state index contributed by atoms with van der Waals surface area (Å²) in [6.07, 6.45) is -1.53. The van der Waals surface area contributed by atoms with Gasteiger partial charge in [0.2, 0.25) is 5.91 Å².